The Kier molecular flexibility index (Phi) is 2.87. The normalized spacial score (nSPS) is 31.8. The molecule has 1 aliphatic heterocycles. The van der Waals surface area contributed by atoms with Crippen molar-refractivity contribution in [3.05, 3.63) is 71.0 Å². The summed E-state index contributed by atoms with van der Waals surface area (Å²) in [5.41, 5.74) is 9.05. The zero-order valence-electron chi connectivity index (χ0n) is 13.8. The van der Waals surface area contributed by atoms with Crippen LogP contribution in [0.5, 0.6) is 0 Å². The van der Waals surface area contributed by atoms with E-state index in [4.69, 9.17) is 5.73 Å². The molecule has 2 aromatic rings. The summed E-state index contributed by atoms with van der Waals surface area (Å²) in [6, 6.07) is 14.3. The van der Waals surface area contributed by atoms with Crippen LogP contribution in [0.2, 0.25) is 0 Å². The zero-order chi connectivity index (χ0) is 17.2. The van der Waals surface area contributed by atoms with Crippen molar-refractivity contribution in [3.8, 4) is 0 Å². The van der Waals surface area contributed by atoms with Crippen molar-refractivity contribution >= 4 is 6.03 Å². The fraction of sp³-hybridized carbons (Fsp3) is 0.350. The molecule has 0 bridgehead atoms. The molecule has 4 nitrogen and oxygen atoms in total. The van der Waals surface area contributed by atoms with Gasteiger partial charge in [-0.3, -0.25) is 0 Å². The number of hydrogen-bond donors (Lipinski definition) is 2. The Morgan fingerprint density at radius 3 is 2.52 bits per heavy atom. The summed E-state index contributed by atoms with van der Waals surface area (Å²) in [7, 11) is 0. The van der Waals surface area contributed by atoms with Gasteiger partial charge < -0.3 is 16.0 Å². The number of carbonyl (C=O) groups is 1. The number of nitrogens with zero attached hydrogens (tertiary/aromatic N) is 1. The highest BCUT2D eigenvalue weighted by molar-refractivity contribution is 5.79. The van der Waals surface area contributed by atoms with Crippen LogP contribution >= 0.6 is 0 Å². The van der Waals surface area contributed by atoms with Crippen LogP contribution in [0.1, 0.15) is 35.6 Å². The van der Waals surface area contributed by atoms with E-state index in [1.54, 1.807) is 12.1 Å². The van der Waals surface area contributed by atoms with Crippen LogP contribution in [0.25, 0.3) is 0 Å². The number of amides is 2. The van der Waals surface area contributed by atoms with Crippen molar-refractivity contribution in [2.75, 3.05) is 6.54 Å². The Balaban J connectivity index is 1.51. The van der Waals surface area contributed by atoms with Gasteiger partial charge in [0, 0.05) is 12.1 Å². The van der Waals surface area contributed by atoms with Gasteiger partial charge in [0.25, 0.3) is 0 Å². The van der Waals surface area contributed by atoms with Gasteiger partial charge in [0.2, 0.25) is 0 Å². The Hall–Kier alpha value is -2.40. The maximum Gasteiger partial charge on any atom is 0.318 e. The van der Waals surface area contributed by atoms with Crippen molar-refractivity contribution in [2.24, 2.45) is 5.73 Å². The van der Waals surface area contributed by atoms with Crippen LogP contribution in [0.4, 0.5) is 9.18 Å². The van der Waals surface area contributed by atoms with E-state index in [9.17, 15) is 9.18 Å². The van der Waals surface area contributed by atoms with Gasteiger partial charge in [-0.2, -0.15) is 0 Å². The number of rotatable bonds is 2. The van der Waals surface area contributed by atoms with Crippen molar-refractivity contribution in [1.29, 1.82) is 0 Å². The van der Waals surface area contributed by atoms with Crippen molar-refractivity contribution in [2.45, 2.75) is 36.4 Å². The lowest BCUT2D eigenvalue weighted by atomic mass is 9.88. The SMILES string of the molecule is NC12CC1(NC(=O)N1CCc3ccccc3[C@@H]1c1ccc(F)cc1)C2. The van der Waals surface area contributed by atoms with Crippen LogP contribution in [-0.4, -0.2) is 28.6 Å². The molecule has 0 spiro atoms. The predicted molar refractivity (Wildman–Crippen MR) is 92.5 cm³/mol. The van der Waals surface area contributed by atoms with E-state index in [2.05, 4.69) is 17.4 Å². The van der Waals surface area contributed by atoms with Crippen molar-refractivity contribution < 1.29 is 9.18 Å². The number of benzene rings is 2. The van der Waals surface area contributed by atoms with Gasteiger partial charge in [0.1, 0.15) is 5.82 Å². The first-order chi connectivity index (χ1) is 12.0. The fourth-order valence-electron chi connectivity index (χ4n) is 4.22. The molecule has 0 radical (unpaired) electrons. The molecule has 2 saturated carbocycles. The molecule has 5 heteroatoms. The van der Waals surface area contributed by atoms with Gasteiger partial charge in [0.15, 0.2) is 0 Å². The maximum absolute atomic E-state index is 13.4. The van der Waals surface area contributed by atoms with Crippen LogP contribution in [-0.2, 0) is 6.42 Å². The van der Waals surface area contributed by atoms with E-state index >= 15 is 0 Å². The van der Waals surface area contributed by atoms with Crippen LogP contribution in [0.15, 0.2) is 48.5 Å². The topological polar surface area (TPSA) is 58.4 Å². The van der Waals surface area contributed by atoms with Gasteiger partial charge in [-0.15, -0.1) is 0 Å². The molecule has 1 atom stereocenters. The average molecular weight is 337 g/mol. The standard InChI is InChI=1S/C20H20FN3O/c21-15-7-5-14(6-8-15)17-16-4-2-1-3-13(16)9-10-24(17)18(25)23-20-11-19(20,22)12-20/h1-8,17H,9-12,22H2,(H,23,25)/t17-,19?,20?/m0/s1. The number of carbonyl (C=O) groups excluding carboxylic acids is 1. The molecule has 1 heterocycles. The van der Waals surface area contributed by atoms with Crippen molar-refractivity contribution in [3.63, 3.8) is 0 Å². The number of fused-ring (bicyclic) bond motifs is 2. The Labute approximate surface area is 145 Å². The van der Waals surface area contributed by atoms with Gasteiger partial charge in [-0.1, -0.05) is 36.4 Å². The molecule has 128 valence electrons. The summed E-state index contributed by atoms with van der Waals surface area (Å²) in [5, 5.41) is 3.14. The fourth-order valence-corrected chi connectivity index (χ4v) is 4.22. The monoisotopic (exact) mass is 337 g/mol. The number of hydrogen-bond acceptors (Lipinski definition) is 2. The molecule has 2 aliphatic carbocycles. The van der Waals surface area contributed by atoms with Gasteiger partial charge in [-0.05, 0) is 48.1 Å². The first-order valence-electron chi connectivity index (χ1n) is 8.72. The molecule has 2 aromatic carbocycles. The minimum Gasteiger partial charge on any atom is -0.331 e. The molecule has 0 aromatic heterocycles. The molecule has 2 amide bonds. The summed E-state index contributed by atoms with van der Waals surface area (Å²) in [6.45, 7) is 0.637. The van der Waals surface area contributed by atoms with Gasteiger partial charge >= 0.3 is 6.03 Å². The summed E-state index contributed by atoms with van der Waals surface area (Å²) < 4.78 is 13.4. The molecular weight excluding hydrogens is 317 g/mol. The molecular formula is C20H20FN3O. The number of nitrogens with two attached hydrogens (primary N) is 1. The van der Waals surface area contributed by atoms with Gasteiger partial charge in [0.05, 0.1) is 11.6 Å². The predicted octanol–water partition coefficient (Wildman–Crippen LogP) is 2.73. The largest absolute Gasteiger partial charge is 0.331 e. The maximum atomic E-state index is 13.4. The highest BCUT2D eigenvalue weighted by Crippen LogP contribution is 2.68. The third kappa shape index (κ3) is 2.19. The van der Waals surface area contributed by atoms with Crippen LogP contribution < -0.4 is 11.1 Å². The van der Waals surface area contributed by atoms with E-state index in [0.29, 0.717) is 6.54 Å². The lowest BCUT2D eigenvalue weighted by Crippen LogP contribution is -2.48. The lowest BCUT2D eigenvalue weighted by Gasteiger charge is -2.38. The van der Waals surface area contributed by atoms with E-state index in [-0.39, 0.29) is 29.0 Å². The van der Waals surface area contributed by atoms with E-state index < -0.39 is 0 Å². The van der Waals surface area contributed by atoms with Gasteiger partial charge in [-0.25, -0.2) is 9.18 Å². The van der Waals surface area contributed by atoms with Crippen molar-refractivity contribution in [1.82, 2.24) is 10.2 Å². The summed E-state index contributed by atoms with van der Waals surface area (Å²) in [4.78, 5) is 14.8. The average Bonchev–Trinajstić information content (AvgIpc) is 3.38. The second kappa shape index (κ2) is 4.82. The van der Waals surface area contributed by atoms with E-state index in [1.807, 2.05) is 17.0 Å². The molecule has 2 fully saturated rings. The molecule has 0 saturated heterocycles. The highest BCUT2D eigenvalue weighted by Gasteiger charge is 2.82. The number of urea groups is 1. The molecule has 3 aliphatic rings. The smallest absolute Gasteiger partial charge is 0.318 e. The minimum absolute atomic E-state index is 0.0753. The number of halogens is 1. The summed E-state index contributed by atoms with van der Waals surface area (Å²) in [5.74, 6) is -0.272. The second-order valence-electron chi connectivity index (χ2n) is 7.62. The first-order valence-corrected chi connectivity index (χ1v) is 8.72. The second-order valence-corrected chi connectivity index (χ2v) is 7.62. The summed E-state index contributed by atoms with van der Waals surface area (Å²) >= 11 is 0. The van der Waals surface area contributed by atoms with Crippen LogP contribution in [0.3, 0.4) is 0 Å². The zero-order valence-corrected chi connectivity index (χ0v) is 13.8. The lowest BCUT2D eigenvalue weighted by molar-refractivity contribution is 0.177. The Morgan fingerprint density at radius 2 is 1.84 bits per heavy atom. The van der Waals surface area contributed by atoms with E-state index in [1.165, 1.54) is 17.7 Å². The molecule has 3 N–H and O–H groups in total. The highest BCUT2D eigenvalue weighted by atomic mass is 19.1. The number of nitrogens with one attached hydrogen (secondary N) is 1. The third-order valence-corrected chi connectivity index (χ3v) is 6.01. The Bertz CT molecular complexity index is 857. The summed E-state index contributed by atoms with van der Waals surface area (Å²) in [6.07, 6.45) is 2.57. The third-order valence-electron chi connectivity index (χ3n) is 6.01. The first kappa shape index (κ1) is 14.9. The molecule has 25 heavy (non-hydrogen) atoms. The molecule has 5 rings (SSSR count). The van der Waals surface area contributed by atoms with E-state index in [0.717, 1.165) is 30.4 Å². The quantitative estimate of drug-likeness (QED) is 0.885. The minimum atomic E-state index is -0.272. The molecule has 0 unspecified atom stereocenters. The van der Waals surface area contributed by atoms with Crippen LogP contribution in [0, 0.1) is 5.82 Å². The Morgan fingerprint density at radius 1 is 1.16 bits per heavy atom.